The molecule has 0 aromatic heterocycles. The molecule has 0 saturated heterocycles. The molecule has 2 aromatic carbocycles. The van der Waals surface area contributed by atoms with Gasteiger partial charge in [-0.25, -0.2) is 4.99 Å². The Morgan fingerprint density at radius 3 is 2.61 bits per heavy atom. The highest BCUT2D eigenvalue weighted by Crippen LogP contribution is 2.31. The van der Waals surface area contributed by atoms with E-state index < -0.39 is 0 Å². The molecule has 1 heterocycles. The first-order valence-electron chi connectivity index (χ1n) is 9.74. The predicted molar refractivity (Wildman–Crippen MR) is 116 cm³/mol. The van der Waals surface area contributed by atoms with Gasteiger partial charge in [-0.3, -0.25) is 4.79 Å². The molecule has 0 spiro atoms. The van der Waals surface area contributed by atoms with Gasteiger partial charge in [0.2, 0.25) is 5.91 Å². The van der Waals surface area contributed by atoms with Crippen LogP contribution in [0.15, 0.2) is 53.5 Å². The molecule has 3 N–H and O–H groups in total. The van der Waals surface area contributed by atoms with Gasteiger partial charge < -0.3 is 20.9 Å². The monoisotopic (exact) mass is 379 g/mol. The predicted octanol–water partition coefficient (Wildman–Crippen LogP) is 2.93. The van der Waals surface area contributed by atoms with Gasteiger partial charge in [0.15, 0.2) is 5.96 Å². The van der Waals surface area contributed by atoms with Gasteiger partial charge in [-0.05, 0) is 36.2 Å². The van der Waals surface area contributed by atoms with Crippen LogP contribution >= 0.6 is 0 Å². The van der Waals surface area contributed by atoms with Crippen LogP contribution in [0.2, 0.25) is 0 Å². The van der Waals surface area contributed by atoms with Gasteiger partial charge in [0.05, 0.1) is 6.54 Å². The van der Waals surface area contributed by atoms with Crippen molar-refractivity contribution in [3.05, 3.63) is 59.7 Å². The third-order valence-corrected chi connectivity index (χ3v) is 4.84. The molecule has 1 aliphatic heterocycles. The largest absolute Gasteiger partial charge is 0.378 e. The third kappa shape index (κ3) is 5.03. The SMILES string of the molecule is CCNC(=NCc1ccc(N(C)C)cc1)NCC1CC(=O)Nc2ccccc21. The van der Waals surface area contributed by atoms with Crippen molar-refractivity contribution in [3.63, 3.8) is 0 Å². The maximum absolute atomic E-state index is 12.0. The van der Waals surface area contributed by atoms with E-state index in [9.17, 15) is 4.79 Å². The number of rotatable bonds is 6. The molecular weight excluding hydrogens is 350 g/mol. The Morgan fingerprint density at radius 1 is 1.14 bits per heavy atom. The van der Waals surface area contributed by atoms with Crippen molar-refractivity contribution >= 4 is 23.2 Å². The first-order chi connectivity index (χ1) is 13.6. The van der Waals surface area contributed by atoms with E-state index in [2.05, 4.69) is 51.2 Å². The summed E-state index contributed by atoms with van der Waals surface area (Å²) in [7, 11) is 4.06. The Balaban J connectivity index is 1.64. The number of guanidine groups is 1. The lowest BCUT2D eigenvalue weighted by molar-refractivity contribution is -0.116. The number of fused-ring (bicyclic) bond motifs is 1. The number of aliphatic imine (C=N–C) groups is 1. The lowest BCUT2D eigenvalue weighted by Crippen LogP contribution is -2.40. The zero-order chi connectivity index (χ0) is 19.9. The number of hydrogen-bond acceptors (Lipinski definition) is 3. The summed E-state index contributed by atoms with van der Waals surface area (Å²) in [5.41, 5.74) is 4.41. The fourth-order valence-electron chi connectivity index (χ4n) is 3.32. The molecule has 0 fully saturated rings. The maximum atomic E-state index is 12.0. The van der Waals surface area contributed by atoms with Gasteiger partial charge in [0.1, 0.15) is 0 Å². The second kappa shape index (κ2) is 9.26. The van der Waals surface area contributed by atoms with Crippen LogP contribution in [0.25, 0.3) is 0 Å². The van der Waals surface area contributed by atoms with Crippen molar-refractivity contribution < 1.29 is 4.79 Å². The van der Waals surface area contributed by atoms with Crippen molar-refractivity contribution in [1.82, 2.24) is 10.6 Å². The van der Waals surface area contributed by atoms with Crippen molar-refractivity contribution in [2.24, 2.45) is 4.99 Å². The highest BCUT2D eigenvalue weighted by Gasteiger charge is 2.24. The summed E-state index contributed by atoms with van der Waals surface area (Å²) in [6, 6.07) is 16.4. The fraction of sp³-hybridized carbons (Fsp3) is 0.364. The molecular formula is C22H29N5O. The van der Waals surface area contributed by atoms with Gasteiger partial charge in [-0.2, -0.15) is 0 Å². The minimum Gasteiger partial charge on any atom is -0.378 e. The molecule has 0 bridgehead atoms. The Kier molecular flexibility index (Phi) is 6.53. The molecule has 1 atom stereocenters. The van der Waals surface area contributed by atoms with E-state index >= 15 is 0 Å². The second-order valence-corrected chi connectivity index (χ2v) is 7.17. The fourth-order valence-corrected chi connectivity index (χ4v) is 3.32. The minimum absolute atomic E-state index is 0.0634. The van der Waals surface area contributed by atoms with Crippen LogP contribution in [-0.2, 0) is 11.3 Å². The van der Waals surface area contributed by atoms with E-state index in [0.717, 1.165) is 23.8 Å². The average Bonchev–Trinajstić information content (AvgIpc) is 2.70. The van der Waals surface area contributed by atoms with Crippen LogP contribution in [0.1, 0.15) is 30.4 Å². The molecule has 1 unspecified atom stereocenters. The zero-order valence-corrected chi connectivity index (χ0v) is 16.8. The number of anilines is 2. The first kappa shape index (κ1) is 19.7. The van der Waals surface area contributed by atoms with Crippen molar-refractivity contribution in [2.75, 3.05) is 37.4 Å². The lowest BCUT2D eigenvalue weighted by atomic mass is 9.90. The number of amides is 1. The average molecular weight is 380 g/mol. The Bertz CT molecular complexity index is 829. The van der Waals surface area contributed by atoms with Gasteiger partial charge in [-0.1, -0.05) is 30.3 Å². The quantitative estimate of drug-likeness (QED) is 0.533. The van der Waals surface area contributed by atoms with Gasteiger partial charge in [0, 0.05) is 50.9 Å². The Labute approximate surface area is 167 Å². The molecule has 0 aliphatic carbocycles. The number of hydrogen-bond donors (Lipinski definition) is 3. The van der Waals surface area contributed by atoms with E-state index in [4.69, 9.17) is 4.99 Å². The van der Waals surface area contributed by atoms with Crippen LogP contribution in [0.5, 0.6) is 0 Å². The molecule has 1 amide bonds. The smallest absolute Gasteiger partial charge is 0.225 e. The number of para-hydroxylation sites is 1. The summed E-state index contributed by atoms with van der Waals surface area (Å²) in [4.78, 5) is 18.8. The molecule has 2 aromatic rings. The molecule has 0 radical (unpaired) electrons. The van der Waals surface area contributed by atoms with E-state index in [1.54, 1.807) is 0 Å². The van der Waals surface area contributed by atoms with Crippen LogP contribution in [0, 0.1) is 0 Å². The summed E-state index contributed by atoms with van der Waals surface area (Å²) < 4.78 is 0. The molecule has 3 rings (SSSR count). The number of carbonyl (C=O) groups excluding carboxylic acids is 1. The summed E-state index contributed by atoms with van der Waals surface area (Å²) >= 11 is 0. The van der Waals surface area contributed by atoms with Gasteiger partial charge in [-0.15, -0.1) is 0 Å². The van der Waals surface area contributed by atoms with Crippen LogP contribution in [-0.4, -0.2) is 39.1 Å². The topological polar surface area (TPSA) is 68.8 Å². The van der Waals surface area contributed by atoms with Crippen molar-refractivity contribution in [1.29, 1.82) is 0 Å². The first-order valence-corrected chi connectivity index (χ1v) is 9.74. The molecule has 28 heavy (non-hydrogen) atoms. The van der Waals surface area contributed by atoms with E-state index in [1.165, 1.54) is 11.3 Å². The maximum Gasteiger partial charge on any atom is 0.225 e. The van der Waals surface area contributed by atoms with Crippen molar-refractivity contribution in [3.8, 4) is 0 Å². The molecule has 148 valence electrons. The lowest BCUT2D eigenvalue weighted by Gasteiger charge is -2.26. The van der Waals surface area contributed by atoms with Gasteiger partial charge >= 0.3 is 0 Å². The number of nitrogens with zero attached hydrogens (tertiary/aromatic N) is 2. The van der Waals surface area contributed by atoms with Crippen molar-refractivity contribution in [2.45, 2.75) is 25.8 Å². The normalized spacial score (nSPS) is 16.2. The Morgan fingerprint density at radius 2 is 1.89 bits per heavy atom. The minimum atomic E-state index is 0.0634. The highest BCUT2D eigenvalue weighted by molar-refractivity contribution is 5.94. The molecule has 6 heteroatoms. The molecule has 0 saturated carbocycles. The summed E-state index contributed by atoms with van der Waals surface area (Å²) in [6.07, 6.45) is 0.482. The summed E-state index contributed by atoms with van der Waals surface area (Å²) in [5.74, 6) is 0.962. The number of nitrogens with one attached hydrogen (secondary N) is 3. The number of benzene rings is 2. The second-order valence-electron chi connectivity index (χ2n) is 7.17. The van der Waals surface area contributed by atoms with E-state index in [-0.39, 0.29) is 11.8 Å². The van der Waals surface area contributed by atoms with E-state index in [0.29, 0.717) is 19.5 Å². The standard InChI is InChI=1S/C22H29N5O/c1-4-23-22(24-14-16-9-11-18(12-10-16)27(2)3)25-15-17-13-21(28)26-20-8-6-5-7-19(17)20/h5-12,17H,4,13-15H2,1-3H3,(H,26,28)(H2,23,24,25). The van der Waals surface area contributed by atoms with Gasteiger partial charge in [0.25, 0.3) is 0 Å². The zero-order valence-electron chi connectivity index (χ0n) is 16.8. The van der Waals surface area contributed by atoms with Crippen LogP contribution in [0.4, 0.5) is 11.4 Å². The number of carbonyl (C=O) groups is 1. The Hall–Kier alpha value is -3.02. The highest BCUT2D eigenvalue weighted by atomic mass is 16.1. The summed E-state index contributed by atoms with van der Waals surface area (Å²) in [5, 5.41) is 9.64. The molecule has 1 aliphatic rings. The van der Waals surface area contributed by atoms with Crippen LogP contribution in [0.3, 0.4) is 0 Å². The van der Waals surface area contributed by atoms with Crippen LogP contribution < -0.4 is 20.9 Å². The van der Waals surface area contributed by atoms with E-state index in [1.807, 2.05) is 39.2 Å². The summed E-state index contributed by atoms with van der Waals surface area (Å²) in [6.45, 7) is 4.10. The molecule has 6 nitrogen and oxygen atoms in total. The third-order valence-electron chi connectivity index (χ3n) is 4.84.